The Morgan fingerprint density at radius 1 is 1.32 bits per heavy atom. The van der Waals surface area contributed by atoms with Crippen molar-refractivity contribution in [2.24, 2.45) is 0 Å². The number of rotatable bonds is 0. The summed E-state index contributed by atoms with van der Waals surface area (Å²) in [5, 5.41) is 3.40. The van der Waals surface area contributed by atoms with Gasteiger partial charge in [-0.05, 0) is 40.0 Å². The molecule has 0 aromatic heterocycles. The van der Waals surface area contributed by atoms with E-state index in [1.807, 2.05) is 25.7 Å². The Morgan fingerprint density at radius 2 is 2.11 bits per heavy atom. The third kappa shape index (κ3) is 4.08. The molecule has 0 aliphatic carbocycles. The Bertz CT molecular complexity index is 319. The van der Waals surface area contributed by atoms with Crippen LogP contribution in [0.15, 0.2) is 0 Å². The highest BCUT2D eigenvalue weighted by molar-refractivity contribution is 5.68. The number of nitrogens with zero attached hydrogens (tertiary/aromatic N) is 1. The highest BCUT2D eigenvalue weighted by Crippen LogP contribution is 2.28. The molecule has 2 aliphatic rings. The molecule has 0 aromatic rings. The van der Waals surface area contributed by atoms with E-state index in [0.29, 0.717) is 0 Å². The summed E-state index contributed by atoms with van der Waals surface area (Å²) < 4.78 is 11.4. The van der Waals surface area contributed by atoms with Gasteiger partial charge in [0.25, 0.3) is 0 Å². The molecule has 0 bridgehead atoms. The minimum Gasteiger partial charge on any atom is -0.444 e. The minimum atomic E-state index is -0.427. The number of likely N-dealkylation sites (tertiary alicyclic amines) is 1. The van der Waals surface area contributed by atoms with E-state index in [1.54, 1.807) is 0 Å². The van der Waals surface area contributed by atoms with E-state index in [1.165, 1.54) is 0 Å². The smallest absolute Gasteiger partial charge is 0.410 e. The number of carbonyl (C=O) groups is 1. The Labute approximate surface area is 115 Å². The summed E-state index contributed by atoms with van der Waals surface area (Å²) in [6, 6.07) is 0. The number of nitrogens with one attached hydrogen (secondary N) is 1. The lowest BCUT2D eigenvalue weighted by Gasteiger charge is -2.37. The molecule has 1 N–H and O–H groups in total. The van der Waals surface area contributed by atoms with E-state index in [0.717, 1.165) is 52.0 Å². The summed E-state index contributed by atoms with van der Waals surface area (Å²) in [7, 11) is 0. The van der Waals surface area contributed by atoms with E-state index in [4.69, 9.17) is 9.47 Å². The molecule has 1 unspecified atom stereocenters. The van der Waals surface area contributed by atoms with Crippen LogP contribution in [-0.2, 0) is 9.47 Å². The molecular formula is C14H26N2O3. The van der Waals surface area contributed by atoms with Gasteiger partial charge >= 0.3 is 6.09 Å². The first-order valence-corrected chi connectivity index (χ1v) is 7.23. The number of carbonyl (C=O) groups excluding carboxylic acids is 1. The summed E-state index contributed by atoms with van der Waals surface area (Å²) in [5.74, 6) is 0. The molecule has 5 nitrogen and oxygen atoms in total. The van der Waals surface area contributed by atoms with E-state index in [2.05, 4.69) is 5.32 Å². The molecule has 0 saturated carbocycles. The van der Waals surface area contributed by atoms with Gasteiger partial charge < -0.3 is 19.7 Å². The summed E-state index contributed by atoms with van der Waals surface area (Å²) in [5.41, 5.74) is -0.501. The predicted octanol–water partition coefficient (Wildman–Crippen LogP) is 1.77. The maximum Gasteiger partial charge on any atom is 0.410 e. The second-order valence-electron chi connectivity index (χ2n) is 6.53. The Kier molecular flexibility index (Phi) is 4.36. The van der Waals surface area contributed by atoms with Crippen molar-refractivity contribution in [3.05, 3.63) is 0 Å². The molecule has 1 amide bonds. The quantitative estimate of drug-likeness (QED) is 0.729. The molecule has 2 heterocycles. The molecule has 2 fully saturated rings. The zero-order chi connectivity index (χ0) is 13.9. The van der Waals surface area contributed by atoms with Crippen LogP contribution in [0.2, 0.25) is 0 Å². The summed E-state index contributed by atoms with van der Waals surface area (Å²) in [6.07, 6.45) is 2.67. The van der Waals surface area contributed by atoms with Crippen LogP contribution in [0, 0.1) is 0 Å². The number of ether oxygens (including phenoxy) is 2. The van der Waals surface area contributed by atoms with Crippen molar-refractivity contribution in [2.45, 2.75) is 51.2 Å². The molecule has 0 radical (unpaired) electrons. The van der Waals surface area contributed by atoms with Gasteiger partial charge in [0.05, 0.1) is 12.2 Å². The molecule has 5 heteroatoms. The third-order valence-corrected chi connectivity index (χ3v) is 3.68. The first-order valence-electron chi connectivity index (χ1n) is 7.23. The first-order chi connectivity index (χ1) is 8.90. The van der Waals surface area contributed by atoms with Crippen LogP contribution in [0.5, 0.6) is 0 Å². The molecule has 2 aliphatic heterocycles. The molecule has 1 spiro atoms. The lowest BCUT2D eigenvalue weighted by Crippen LogP contribution is -2.50. The van der Waals surface area contributed by atoms with Crippen LogP contribution in [-0.4, -0.2) is 55.0 Å². The van der Waals surface area contributed by atoms with E-state index in [9.17, 15) is 4.79 Å². The van der Waals surface area contributed by atoms with Gasteiger partial charge in [0, 0.05) is 26.2 Å². The van der Waals surface area contributed by atoms with Gasteiger partial charge in [-0.1, -0.05) is 0 Å². The molecule has 2 saturated heterocycles. The van der Waals surface area contributed by atoms with Crippen molar-refractivity contribution in [3.8, 4) is 0 Å². The highest BCUT2D eigenvalue weighted by Gasteiger charge is 2.36. The van der Waals surface area contributed by atoms with Crippen molar-refractivity contribution >= 4 is 6.09 Å². The van der Waals surface area contributed by atoms with Crippen molar-refractivity contribution in [3.63, 3.8) is 0 Å². The van der Waals surface area contributed by atoms with Gasteiger partial charge in [0.2, 0.25) is 0 Å². The average molecular weight is 270 g/mol. The fourth-order valence-electron chi connectivity index (χ4n) is 2.70. The van der Waals surface area contributed by atoms with Gasteiger partial charge in [-0.25, -0.2) is 4.79 Å². The van der Waals surface area contributed by atoms with Crippen LogP contribution in [0.3, 0.4) is 0 Å². The average Bonchev–Trinajstić information content (AvgIpc) is 2.51. The van der Waals surface area contributed by atoms with Crippen LogP contribution >= 0.6 is 0 Å². The topological polar surface area (TPSA) is 50.8 Å². The second kappa shape index (κ2) is 5.67. The maximum atomic E-state index is 12.1. The molecule has 19 heavy (non-hydrogen) atoms. The van der Waals surface area contributed by atoms with Gasteiger partial charge in [-0.3, -0.25) is 0 Å². The van der Waals surface area contributed by atoms with Gasteiger partial charge in [-0.15, -0.1) is 0 Å². The lowest BCUT2D eigenvalue weighted by molar-refractivity contribution is -0.0743. The van der Waals surface area contributed by atoms with Crippen molar-refractivity contribution in [2.75, 3.05) is 32.8 Å². The van der Waals surface area contributed by atoms with Crippen molar-refractivity contribution < 1.29 is 14.3 Å². The maximum absolute atomic E-state index is 12.1. The number of hydrogen-bond donors (Lipinski definition) is 1. The SMILES string of the molecule is CC(C)(C)OC(=O)N1CCCC2(CC1)CNCCO2. The molecule has 2 rings (SSSR count). The van der Waals surface area contributed by atoms with E-state index >= 15 is 0 Å². The number of morpholine rings is 1. The summed E-state index contributed by atoms with van der Waals surface area (Å²) >= 11 is 0. The number of hydrogen-bond acceptors (Lipinski definition) is 4. The molecular weight excluding hydrogens is 244 g/mol. The summed E-state index contributed by atoms with van der Waals surface area (Å²) in [6.45, 7) is 9.78. The Hall–Kier alpha value is -0.810. The predicted molar refractivity (Wildman–Crippen MR) is 73.2 cm³/mol. The van der Waals surface area contributed by atoms with Crippen LogP contribution in [0.25, 0.3) is 0 Å². The van der Waals surface area contributed by atoms with E-state index in [-0.39, 0.29) is 11.7 Å². The minimum absolute atomic E-state index is 0.0744. The second-order valence-corrected chi connectivity index (χ2v) is 6.53. The lowest BCUT2D eigenvalue weighted by atomic mass is 9.93. The van der Waals surface area contributed by atoms with Gasteiger partial charge in [-0.2, -0.15) is 0 Å². The molecule has 0 aromatic carbocycles. The first kappa shape index (κ1) is 14.6. The highest BCUT2D eigenvalue weighted by atomic mass is 16.6. The van der Waals surface area contributed by atoms with Gasteiger partial charge in [0.15, 0.2) is 0 Å². The monoisotopic (exact) mass is 270 g/mol. The standard InChI is InChI=1S/C14H26N2O3/c1-13(2,3)19-12(17)16-8-4-5-14(6-9-16)11-15-7-10-18-14/h15H,4-11H2,1-3H3. The molecule has 110 valence electrons. The third-order valence-electron chi connectivity index (χ3n) is 3.68. The largest absolute Gasteiger partial charge is 0.444 e. The van der Waals surface area contributed by atoms with Crippen LogP contribution < -0.4 is 5.32 Å². The van der Waals surface area contributed by atoms with Crippen molar-refractivity contribution in [1.29, 1.82) is 0 Å². The number of amides is 1. The zero-order valence-electron chi connectivity index (χ0n) is 12.3. The normalized spacial score (nSPS) is 29.1. The fourth-order valence-corrected chi connectivity index (χ4v) is 2.70. The Balaban J connectivity index is 1.91. The van der Waals surface area contributed by atoms with E-state index < -0.39 is 5.60 Å². The zero-order valence-corrected chi connectivity index (χ0v) is 12.3. The fraction of sp³-hybridized carbons (Fsp3) is 0.929. The van der Waals surface area contributed by atoms with Crippen LogP contribution in [0.4, 0.5) is 4.79 Å². The van der Waals surface area contributed by atoms with Crippen LogP contribution in [0.1, 0.15) is 40.0 Å². The van der Waals surface area contributed by atoms with Crippen molar-refractivity contribution in [1.82, 2.24) is 10.2 Å². The molecule has 1 atom stereocenters. The Morgan fingerprint density at radius 3 is 2.74 bits per heavy atom. The van der Waals surface area contributed by atoms with Gasteiger partial charge in [0.1, 0.15) is 5.60 Å². The summed E-state index contributed by atoms with van der Waals surface area (Å²) in [4.78, 5) is 13.9.